The van der Waals surface area contributed by atoms with Crippen LogP contribution in [0.2, 0.25) is 0 Å². The standard InChI is InChI=1S/C29H28N2O7/c1-30(2)20-14-12-18(13-15-20)25-24(26(32)23-21(37-3)6-5-7-22(23)38-4)27(33)28(34)31(25)16-17-8-10-19(11-9-17)29(35)36/h5-15,25,32H,16H2,1-4H3,(H,35,36)/b26-24+. The fourth-order valence-corrected chi connectivity index (χ4v) is 4.51. The normalized spacial score (nSPS) is 16.4. The average molecular weight is 517 g/mol. The number of nitrogens with zero attached hydrogens (tertiary/aromatic N) is 2. The summed E-state index contributed by atoms with van der Waals surface area (Å²) in [7, 11) is 6.66. The minimum absolute atomic E-state index is 0.0183. The first-order valence-corrected chi connectivity index (χ1v) is 11.8. The van der Waals surface area contributed by atoms with E-state index in [-0.39, 0.29) is 34.7 Å². The number of aliphatic hydroxyl groups is 1. The predicted octanol–water partition coefficient (Wildman–Crippen LogP) is 4.09. The van der Waals surface area contributed by atoms with Gasteiger partial charge in [0.2, 0.25) is 0 Å². The number of carboxylic acid groups (broad SMARTS) is 1. The Kier molecular flexibility index (Phi) is 7.38. The van der Waals surface area contributed by atoms with Gasteiger partial charge >= 0.3 is 5.97 Å². The third kappa shape index (κ3) is 4.78. The molecular weight excluding hydrogens is 488 g/mol. The van der Waals surface area contributed by atoms with Crippen molar-refractivity contribution in [1.29, 1.82) is 0 Å². The molecule has 1 aliphatic rings. The molecule has 1 saturated heterocycles. The van der Waals surface area contributed by atoms with Crippen LogP contribution in [0.5, 0.6) is 11.5 Å². The molecule has 4 rings (SSSR count). The van der Waals surface area contributed by atoms with Crippen LogP contribution >= 0.6 is 0 Å². The summed E-state index contributed by atoms with van der Waals surface area (Å²) in [5.41, 5.74) is 2.33. The second-order valence-electron chi connectivity index (χ2n) is 8.95. The molecule has 3 aromatic rings. The van der Waals surface area contributed by atoms with Crippen molar-refractivity contribution >= 4 is 29.1 Å². The molecule has 1 fully saturated rings. The van der Waals surface area contributed by atoms with Crippen LogP contribution in [-0.2, 0) is 16.1 Å². The number of anilines is 1. The van der Waals surface area contributed by atoms with Crippen molar-refractivity contribution in [3.63, 3.8) is 0 Å². The number of carbonyl (C=O) groups excluding carboxylic acids is 2. The number of hydrogen-bond acceptors (Lipinski definition) is 7. The molecule has 1 heterocycles. The second-order valence-corrected chi connectivity index (χ2v) is 8.95. The monoisotopic (exact) mass is 516 g/mol. The molecule has 0 aliphatic carbocycles. The highest BCUT2D eigenvalue weighted by molar-refractivity contribution is 6.46. The highest BCUT2D eigenvalue weighted by atomic mass is 16.5. The number of Topliss-reactive ketones (excluding diaryl/α,β-unsaturated/α-hetero) is 1. The van der Waals surface area contributed by atoms with Crippen LogP contribution in [0.15, 0.2) is 72.3 Å². The van der Waals surface area contributed by atoms with E-state index >= 15 is 0 Å². The van der Waals surface area contributed by atoms with E-state index in [0.717, 1.165) is 5.69 Å². The Morgan fingerprint density at radius 2 is 1.47 bits per heavy atom. The van der Waals surface area contributed by atoms with E-state index < -0.39 is 29.5 Å². The van der Waals surface area contributed by atoms with Gasteiger partial charge in [-0.05, 0) is 47.5 Å². The van der Waals surface area contributed by atoms with Gasteiger partial charge in [0.25, 0.3) is 11.7 Å². The maximum atomic E-state index is 13.4. The average Bonchev–Trinajstić information content (AvgIpc) is 3.17. The molecule has 0 aromatic heterocycles. The van der Waals surface area contributed by atoms with E-state index in [1.54, 1.807) is 42.5 Å². The van der Waals surface area contributed by atoms with E-state index in [1.807, 2.05) is 31.1 Å². The minimum Gasteiger partial charge on any atom is -0.506 e. The molecule has 2 N–H and O–H groups in total. The zero-order valence-electron chi connectivity index (χ0n) is 21.5. The van der Waals surface area contributed by atoms with Gasteiger partial charge < -0.3 is 29.5 Å². The van der Waals surface area contributed by atoms with Gasteiger partial charge in [0.15, 0.2) is 0 Å². The Labute approximate surface area is 220 Å². The number of aromatic carboxylic acids is 1. The molecular formula is C29H28N2O7. The van der Waals surface area contributed by atoms with Crippen LogP contribution < -0.4 is 14.4 Å². The van der Waals surface area contributed by atoms with Gasteiger partial charge in [-0.1, -0.05) is 30.3 Å². The predicted molar refractivity (Wildman–Crippen MR) is 142 cm³/mol. The number of ether oxygens (including phenoxy) is 2. The van der Waals surface area contributed by atoms with Gasteiger partial charge in [0, 0.05) is 26.3 Å². The summed E-state index contributed by atoms with van der Waals surface area (Å²) in [4.78, 5) is 41.4. The van der Waals surface area contributed by atoms with E-state index in [2.05, 4.69) is 0 Å². The molecule has 196 valence electrons. The number of methoxy groups -OCH3 is 2. The molecule has 9 nitrogen and oxygen atoms in total. The number of likely N-dealkylation sites (tertiary alicyclic amines) is 1. The van der Waals surface area contributed by atoms with Gasteiger partial charge in [0.05, 0.1) is 31.4 Å². The minimum atomic E-state index is -1.07. The molecule has 1 unspecified atom stereocenters. The maximum absolute atomic E-state index is 13.4. The molecule has 0 spiro atoms. The van der Waals surface area contributed by atoms with Crippen LogP contribution in [0, 0.1) is 0 Å². The van der Waals surface area contributed by atoms with E-state index in [1.165, 1.54) is 31.3 Å². The Balaban J connectivity index is 1.89. The van der Waals surface area contributed by atoms with Gasteiger partial charge in [-0.15, -0.1) is 0 Å². The molecule has 0 bridgehead atoms. The van der Waals surface area contributed by atoms with E-state index in [4.69, 9.17) is 9.47 Å². The molecule has 9 heteroatoms. The Morgan fingerprint density at radius 1 is 0.895 bits per heavy atom. The zero-order chi connectivity index (χ0) is 27.6. The maximum Gasteiger partial charge on any atom is 0.335 e. The van der Waals surface area contributed by atoms with Crippen LogP contribution in [0.1, 0.15) is 33.1 Å². The van der Waals surface area contributed by atoms with Gasteiger partial charge in [-0.3, -0.25) is 9.59 Å². The number of benzene rings is 3. The van der Waals surface area contributed by atoms with Crippen LogP contribution in [0.25, 0.3) is 5.76 Å². The molecule has 1 aliphatic heterocycles. The fourth-order valence-electron chi connectivity index (χ4n) is 4.51. The van der Waals surface area contributed by atoms with Crippen molar-refractivity contribution in [2.24, 2.45) is 0 Å². The zero-order valence-corrected chi connectivity index (χ0v) is 21.5. The first-order chi connectivity index (χ1) is 18.2. The van der Waals surface area contributed by atoms with Crippen molar-refractivity contribution < 1.29 is 34.1 Å². The Bertz CT molecular complexity index is 1390. The molecule has 38 heavy (non-hydrogen) atoms. The summed E-state index contributed by atoms with van der Waals surface area (Å²) < 4.78 is 10.9. The molecule has 0 saturated carbocycles. The Morgan fingerprint density at radius 3 is 1.97 bits per heavy atom. The first-order valence-electron chi connectivity index (χ1n) is 11.8. The lowest BCUT2D eigenvalue weighted by Crippen LogP contribution is -2.29. The number of aliphatic hydroxyl groups excluding tert-OH is 1. The highest BCUT2D eigenvalue weighted by Gasteiger charge is 2.46. The fraction of sp³-hybridized carbons (Fsp3) is 0.207. The van der Waals surface area contributed by atoms with Crippen molar-refractivity contribution in [3.05, 3.63) is 94.6 Å². The second kappa shape index (κ2) is 10.7. The van der Waals surface area contributed by atoms with Gasteiger partial charge in [-0.2, -0.15) is 0 Å². The lowest BCUT2D eigenvalue weighted by Gasteiger charge is -2.26. The summed E-state index contributed by atoms with van der Waals surface area (Å²) in [6.07, 6.45) is 0. The van der Waals surface area contributed by atoms with E-state index in [9.17, 15) is 24.6 Å². The molecule has 1 amide bonds. The number of amides is 1. The van der Waals surface area contributed by atoms with Crippen molar-refractivity contribution in [2.45, 2.75) is 12.6 Å². The van der Waals surface area contributed by atoms with Crippen LogP contribution in [0.4, 0.5) is 5.69 Å². The first kappa shape index (κ1) is 26.3. The number of ketones is 1. The quantitative estimate of drug-likeness (QED) is 0.261. The topological polar surface area (TPSA) is 117 Å². The van der Waals surface area contributed by atoms with Crippen molar-refractivity contribution in [3.8, 4) is 11.5 Å². The largest absolute Gasteiger partial charge is 0.506 e. The van der Waals surface area contributed by atoms with Crippen molar-refractivity contribution in [1.82, 2.24) is 4.90 Å². The lowest BCUT2D eigenvalue weighted by atomic mass is 9.94. The third-order valence-electron chi connectivity index (χ3n) is 6.48. The smallest absolute Gasteiger partial charge is 0.335 e. The van der Waals surface area contributed by atoms with Gasteiger partial charge in [-0.25, -0.2) is 4.79 Å². The lowest BCUT2D eigenvalue weighted by molar-refractivity contribution is -0.140. The summed E-state index contributed by atoms with van der Waals surface area (Å²) in [6, 6.07) is 17.4. The van der Waals surface area contributed by atoms with E-state index in [0.29, 0.717) is 11.1 Å². The summed E-state index contributed by atoms with van der Waals surface area (Å²) in [6.45, 7) is 0.0183. The third-order valence-corrected chi connectivity index (χ3v) is 6.48. The van der Waals surface area contributed by atoms with Crippen LogP contribution in [0.3, 0.4) is 0 Å². The molecule has 1 atom stereocenters. The summed E-state index contributed by atoms with van der Waals surface area (Å²) in [5, 5.41) is 20.7. The number of carbonyl (C=O) groups is 3. The number of hydrogen-bond donors (Lipinski definition) is 2. The molecule has 0 radical (unpaired) electrons. The SMILES string of the molecule is COc1cccc(OC)c1/C(O)=C1\C(=O)C(=O)N(Cc2ccc(C(=O)O)cc2)C1c1ccc(N(C)C)cc1. The number of rotatable bonds is 8. The van der Waals surface area contributed by atoms with Crippen molar-refractivity contribution in [2.75, 3.05) is 33.2 Å². The van der Waals surface area contributed by atoms with Crippen LogP contribution in [-0.4, -0.2) is 61.1 Å². The summed E-state index contributed by atoms with van der Waals surface area (Å²) >= 11 is 0. The Hall–Kier alpha value is -4.79. The number of carboxylic acids is 1. The summed E-state index contributed by atoms with van der Waals surface area (Å²) in [5.74, 6) is -2.56. The molecule has 3 aromatic carbocycles. The highest BCUT2D eigenvalue weighted by Crippen LogP contribution is 2.44. The van der Waals surface area contributed by atoms with Gasteiger partial charge in [0.1, 0.15) is 22.8 Å².